The first kappa shape index (κ1) is 13.4. The number of nitrogens with two attached hydrogens (primary N) is 1. The zero-order valence-electron chi connectivity index (χ0n) is 11.9. The summed E-state index contributed by atoms with van der Waals surface area (Å²) in [4.78, 5) is 2.69. The predicted molar refractivity (Wildman–Crippen MR) is 74.0 cm³/mol. The van der Waals surface area contributed by atoms with Crippen LogP contribution in [0.25, 0.3) is 0 Å². The van der Waals surface area contributed by atoms with Crippen LogP contribution in [0.5, 0.6) is 0 Å². The van der Waals surface area contributed by atoms with E-state index < -0.39 is 0 Å². The van der Waals surface area contributed by atoms with Crippen LogP contribution in [-0.4, -0.2) is 30.1 Å². The lowest BCUT2D eigenvalue weighted by Gasteiger charge is -2.40. The van der Waals surface area contributed by atoms with Gasteiger partial charge in [0.1, 0.15) is 0 Å². The molecule has 0 aromatic heterocycles. The van der Waals surface area contributed by atoms with Crippen molar-refractivity contribution in [3.05, 3.63) is 0 Å². The molecule has 0 aromatic rings. The minimum atomic E-state index is 0.403. The van der Waals surface area contributed by atoms with E-state index in [1.807, 2.05) is 0 Å². The molecule has 100 valence electrons. The number of likely N-dealkylation sites (tertiary alicyclic amines) is 1. The number of hydrogen-bond acceptors (Lipinski definition) is 2. The molecule has 2 fully saturated rings. The Morgan fingerprint density at radius 3 is 2.59 bits per heavy atom. The highest BCUT2D eigenvalue weighted by atomic mass is 15.2. The van der Waals surface area contributed by atoms with Gasteiger partial charge in [0.15, 0.2) is 0 Å². The van der Waals surface area contributed by atoms with E-state index >= 15 is 0 Å². The van der Waals surface area contributed by atoms with Crippen LogP contribution < -0.4 is 5.73 Å². The van der Waals surface area contributed by atoms with Gasteiger partial charge in [-0.2, -0.15) is 0 Å². The van der Waals surface area contributed by atoms with Gasteiger partial charge in [-0.1, -0.05) is 27.2 Å². The summed E-state index contributed by atoms with van der Waals surface area (Å²) < 4.78 is 0. The van der Waals surface area contributed by atoms with Gasteiger partial charge in [0, 0.05) is 18.6 Å². The number of piperidine rings is 1. The summed E-state index contributed by atoms with van der Waals surface area (Å²) in [6.45, 7) is 9.57. The van der Waals surface area contributed by atoms with Gasteiger partial charge in [0.25, 0.3) is 0 Å². The van der Waals surface area contributed by atoms with Crippen LogP contribution in [0.4, 0.5) is 0 Å². The molecule has 1 saturated heterocycles. The molecule has 2 rings (SSSR count). The Hall–Kier alpha value is -0.0800. The molecule has 2 N–H and O–H groups in total. The fraction of sp³-hybridized carbons (Fsp3) is 1.00. The quantitative estimate of drug-likeness (QED) is 0.712. The molecule has 0 amide bonds. The van der Waals surface area contributed by atoms with Crippen molar-refractivity contribution in [3.63, 3.8) is 0 Å². The summed E-state index contributed by atoms with van der Waals surface area (Å²) >= 11 is 0. The Morgan fingerprint density at radius 2 is 1.88 bits per heavy atom. The molecule has 1 aliphatic heterocycles. The second-order valence-corrected chi connectivity index (χ2v) is 7.17. The Kier molecular flexibility index (Phi) is 4.14. The fourth-order valence-corrected chi connectivity index (χ4v) is 3.47. The van der Waals surface area contributed by atoms with E-state index in [0.29, 0.717) is 17.4 Å². The number of rotatable bonds is 1. The lowest BCUT2D eigenvalue weighted by atomic mass is 9.85. The van der Waals surface area contributed by atoms with Gasteiger partial charge in [-0.05, 0) is 50.0 Å². The molecule has 2 nitrogen and oxygen atoms in total. The van der Waals surface area contributed by atoms with Crippen LogP contribution in [0.3, 0.4) is 0 Å². The Balaban J connectivity index is 1.90. The Morgan fingerprint density at radius 1 is 1.12 bits per heavy atom. The smallest absolute Gasteiger partial charge is 0.0194 e. The first-order chi connectivity index (χ1) is 7.98. The minimum Gasteiger partial charge on any atom is -0.326 e. The molecule has 0 radical (unpaired) electrons. The van der Waals surface area contributed by atoms with Crippen molar-refractivity contribution in [2.75, 3.05) is 13.1 Å². The fourth-order valence-electron chi connectivity index (χ4n) is 3.47. The number of hydrogen-bond donors (Lipinski definition) is 1. The van der Waals surface area contributed by atoms with Gasteiger partial charge in [-0.15, -0.1) is 0 Å². The molecule has 17 heavy (non-hydrogen) atoms. The van der Waals surface area contributed by atoms with Crippen molar-refractivity contribution in [2.45, 2.75) is 71.4 Å². The molecule has 1 saturated carbocycles. The molecule has 3 atom stereocenters. The zero-order valence-corrected chi connectivity index (χ0v) is 11.9. The molecule has 3 unspecified atom stereocenters. The maximum atomic E-state index is 6.23. The van der Waals surface area contributed by atoms with E-state index in [9.17, 15) is 0 Å². The van der Waals surface area contributed by atoms with E-state index in [2.05, 4.69) is 25.7 Å². The van der Waals surface area contributed by atoms with Crippen LogP contribution >= 0.6 is 0 Å². The summed E-state index contributed by atoms with van der Waals surface area (Å²) in [5.41, 5.74) is 6.80. The van der Waals surface area contributed by atoms with Crippen LogP contribution in [0.15, 0.2) is 0 Å². The third-order valence-corrected chi connectivity index (χ3v) is 5.11. The summed E-state index contributed by atoms with van der Waals surface area (Å²) in [6.07, 6.45) is 8.26. The van der Waals surface area contributed by atoms with Crippen LogP contribution in [0, 0.1) is 11.3 Å². The molecule has 1 heterocycles. The highest BCUT2D eigenvalue weighted by molar-refractivity contribution is 4.87. The second-order valence-electron chi connectivity index (χ2n) is 7.17. The average Bonchev–Trinajstić information content (AvgIpc) is 2.44. The largest absolute Gasteiger partial charge is 0.326 e. The van der Waals surface area contributed by atoms with Crippen molar-refractivity contribution in [3.8, 4) is 0 Å². The topological polar surface area (TPSA) is 29.3 Å². The first-order valence-corrected chi connectivity index (χ1v) is 7.47. The predicted octanol–water partition coefficient (Wildman–Crippen LogP) is 3.01. The van der Waals surface area contributed by atoms with Crippen molar-refractivity contribution in [2.24, 2.45) is 17.1 Å². The lowest BCUT2D eigenvalue weighted by Crippen LogP contribution is -2.51. The van der Waals surface area contributed by atoms with E-state index in [0.717, 1.165) is 12.6 Å². The summed E-state index contributed by atoms with van der Waals surface area (Å²) in [6, 6.07) is 1.22. The van der Waals surface area contributed by atoms with Crippen molar-refractivity contribution >= 4 is 0 Å². The van der Waals surface area contributed by atoms with Gasteiger partial charge in [0.2, 0.25) is 0 Å². The van der Waals surface area contributed by atoms with E-state index in [-0.39, 0.29) is 0 Å². The molecule has 0 spiro atoms. The van der Waals surface area contributed by atoms with Crippen LogP contribution in [0.1, 0.15) is 59.3 Å². The van der Waals surface area contributed by atoms with E-state index in [1.54, 1.807) is 0 Å². The molecular formula is C15H30N2. The third kappa shape index (κ3) is 3.45. The zero-order chi connectivity index (χ0) is 12.5. The Labute approximate surface area is 107 Å². The molecule has 1 aliphatic carbocycles. The molecule has 2 heteroatoms. The van der Waals surface area contributed by atoms with Crippen LogP contribution in [-0.2, 0) is 0 Å². The highest BCUT2D eigenvalue weighted by Gasteiger charge is 2.31. The first-order valence-electron chi connectivity index (χ1n) is 7.47. The molecule has 2 aliphatic rings. The van der Waals surface area contributed by atoms with Crippen molar-refractivity contribution < 1.29 is 0 Å². The van der Waals surface area contributed by atoms with Gasteiger partial charge in [0.05, 0.1) is 0 Å². The second kappa shape index (κ2) is 5.27. The number of nitrogens with zero attached hydrogens (tertiary/aromatic N) is 1. The van der Waals surface area contributed by atoms with E-state index in [1.165, 1.54) is 45.1 Å². The maximum absolute atomic E-state index is 6.23. The normalized spacial score (nSPS) is 39.9. The van der Waals surface area contributed by atoms with Crippen molar-refractivity contribution in [1.82, 2.24) is 4.90 Å². The van der Waals surface area contributed by atoms with Crippen LogP contribution in [0.2, 0.25) is 0 Å². The lowest BCUT2D eigenvalue weighted by molar-refractivity contribution is 0.108. The van der Waals surface area contributed by atoms with Crippen molar-refractivity contribution in [1.29, 1.82) is 0 Å². The molecule has 0 bridgehead atoms. The molecular weight excluding hydrogens is 208 g/mol. The Bertz CT molecular complexity index is 249. The highest BCUT2D eigenvalue weighted by Crippen LogP contribution is 2.36. The van der Waals surface area contributed by atoms with E-state index in [4.69, 9.17) is 5.73 Å². The molecule has 0 aromatic carbocycles. The maximum Gasteiger partial charge on any atom is 0.0194 e. The standard InChI is InChI=1S/C15H30N2/c1-12-7-10-17(11-14(12)16)13-5-4-8-15(2,3)9-6-13/h12-14H,4-11,16H2,1-3H3. The summed E-state index contributed by atoms with van der Waals surface area (Å²) in [7, 11) is 0. The van der Waals surface area contributed by atoms with Gasteiger partial charge >= 0.3 is 0 Å². The van der Waals surface area contributed by atoms with Gasteiger partial charge < -0.3 is 5.73 Å². The minimum absolute atomic E-state index is 0.403. The average molecular weight is 238 g/mol. The monoisotopic (exact) mass is 238 g/mol. The summed E-state index contributed by atoms with van der Waals surface area (Å²) in [5, 5.41) is 0. The van der Waals surface area contributed by atoms with Gasteiger partial charge in [-0.25, -0.2) is 0 Å². The van der Waals surface area contributed by atoms with Gasteiger partial charge in [-0.3, -0.25) is 4.90 Å². The SMILES string of the molecule is CC1CCN(C2CCCC(C)(C)CC2)CC1N. The third-order valence-electron chi connectivity index (χ3n) is 5.11. The summed E-state index contributed by atoms with van der Waals surface area (Å²) in [5.74, 6) is 0.716.